The van der Waals surface area contributed by atoms with Crippen molar-refractivity contribution in [2.75, 3.05) is 5.32 Å². The molecule has 12 heavy (non-hydrogen) atoms. The second kappa shape index (κ2) is 4.13. The Hall–Kier alpha value is -1.00. The van der Waals surface area contributed by atoms with E-state index in [1.165, 1.54) is 6.92 Å². The van der Waals surface area contributed by atoms with E-state index in [0.29, 0.717) is 12.0 Å². The Morgan fingerprint density at radius 2 is 2.00 bits per heavy atom. The van der Waals surface area contributed by atoms with E-state index in [9.17, 15) is 4.79 Å². The van der Waals surface area contributed by atoms with E-state index in [0.717, 1.165) is 10.6 Å². The molecule has 0 heterocycles. The molecule has 1 rings (SSSR count). The van der Waals surface area contributed by atoms with Gasteiger partial charge in [-0.25, -0.2) is 0 Å². The van der Waals surface area contributed by atoms with Crippen molar-refractivity contribution in [1.29, 1.82) is 0 Å². The monoisotopic (exact) mass is 183 g/mol. The Bertz CT molecular complexity index is 271. The van der Waals surface area contributed by atoms with Crippen molar-refractivity contribution in [3.05, 3.63) is 24.3 Å². The Labute approximate surface area is 75.0 Å². The number of amides is 1. The molecular weight excluding hydrogens is 174 g/mol. The third kappa shape index (κ3) is 2.56. The average Bonchev–Trinajstić information content (AvgIpc) is 2.05. The minimum Gasteiger partial charge on any atom is -0.326 e. The van der Waals surface area contributed by atoms with E-state index < -0.39 is 0 Å². The van der Waals surface area contributed by atoms with Crippen LogP contribution in [0.2, 0.25) is 0 Å². The van der Waals surface area contributed by atoms with Crippen LogP contribution >= 0.6 is 12.0 Å². The maximum absolute atomic E-state index is 10.6. The molecule has 0 aliphatic rings. The quantitative estimate of drug-likeness (QED) is 0.691. The van der Waals surface area contributed by atoms with Gasteiger partial charge >= 0.3 is 0 Å². The topological polar surface area (TPSA) is 49.3 Å². The maximum Gasteiger partial charge on any atom is 0.221 e. The molecular formula is C8H9NO2S. The summed E-state index contributed by atoms with van der Waals surface area (Å²) < 4.78 is 8.64. The lowest BCUT2D eigenvalue weighted by Crippen LogP contribution is -2.05. The molecule has 0 unspecified atom stereocenters. The van der Waals surface area contributed by atoms with Crippen molar-refractivity contribution < 1.29 is 9.35 Å². The van der Waals surface area contributed by atoms with Crippen LogP contribution in [-0.2, 0) is 4.79 Å². The van der Waals surface area contributed by atoms with Gasteiger partial charge < -0.3 is 9.87 Å². The van der Waals surface area contributed by atoms with Crippen LogP contribution in [0.5, 0.6) is 0 Å². The maximum atomic E-state index is 10.6. The standard InChI is InChI=1S/C8H9NO2S/c1-6(10)9-7-2-4-8(12-11)5-3-7/h2-5,11H,1H3,(H,9,10). The predicted molar refractivity (Wildman–Crippen MR) is 49.2 cm³/mol. The molecule has 0 saturated carbocycles. The van der Waals surface area contributed by atoms with Crippen LogP contribution in [0.4, 0.5) is 5.69 Å². The highest BCUT2D eigenvalue weighted by Gasteiger charge is 1.95. The van der Waals surface area contributed by atoms with Crippen molar-refractivity contribution in [1.82, 2.24) is 0 Å². The largest absolute Gasteiger partial charge is 0.326 e. The highest BCUT2D eigenvalue weighted by Crippen LogP contribution is 2.16. The van der Waals surface area contributed by atoms with Gasteiger partial charge in [0, 0.05) is 29.5 Å². The lowest BCUT2D eigenvalue weighted by Gasteiger charge is -2.01. The Morgan fingerprint density at radius 1 is 1.42 bits per heavy atom. The van der Waals surface area contributed by atoms with Gasteiger partial charge in [0.2, 0.25) is 5.91 Å². The molecule has 0 saturated heterocycles. The predicted octanol–water partition coefficient (Wildman–Crippen LogP) is 2.21. The summed E-state index contributed by atoms with van der Waals surface area (Å²) >= 11 is 0.684. The average molecular weight is 183 g/mol. The number of anilines is 1. The molecule has 1 aromatic rings. The molecule has 0 spiro atoms. The van der Waals surface area contributed by atoms with Gasteiger partial charge in [0.05, 0.1) is 0 Å². The minimum atomic E-state index is -0.0978. The van der Waals surface area contributed by atoms with Crippen LogP contribution in [0.1, 0.15) is 6.92 Å². The molecule has 0 radical (unpaired) electrons. The molecule has 3 nitrogen and oxygen atoms in total. The van der Waals surface area contributed by atoms with Gasteiger partial charge in [0.15, 0.2) is 0 Å². The first-order valence-corrected chi connectivity index (χ1v) is 4.19. The normalized spacial score (nSPS) is 9.50. The zero-order valence-corrected chi connectivity index (χ0v) is 7.39. The highest BCUT2D eigenvalue weighted by molar-refractivity contribution is 7.93. The SMILES string of the molecule is CC(=O)Nc1ccc(SO)cc1. The van der Waals surface area contributed by atoms with E-state index in [4.69, 9.17) is 4.55 Å². The fraction of sp³-hybridized carbons (Fsp3) is 0.125. The summed E-state index contributed by atoms with van der Waals surface area (Å²) in [5, 5.41) is 2.63. The van der Waals surface area contributed by atoms with Crippen molar-refractivity contribution in [2.45, 2.75) is 11.8 Å². The van der Waals surface area contributed by atoms with Crippen molar-refractivity contribution in [3.63, 3.8) is 0 Å². The molecule has 0 fully saturated rings. The smallest absolute Gasteiger partial charge is 0.221 e. The summed E-state index contributed by atoms with van der Waals surface area (Å²) in [5.74, 6) is -0.0978. The molecule has 0 aliphatic heterocycles. The van der Waals surface area contributed by atoms with E-state index in [-0.39, 0.29) is 5.91 Å². The summed E-state index contributed by atoms with van der Waals surface area (Å²) in [6, 6.07) is 6.94. The van der Waals surface area contributed by atoms with E-state index in [1.54, 1.807) is 24.3 Å². The molecule has 1 amide bonds. The Kier molecular flexibility index (Phi) is 3.13. The summed E-state index contributed by atoms with van der Waals surface area (Å²) in [5.41, 5.74) is 0.736. The molecule has 0 bridgehead atoms. The Balaban J connectivity index is 2.71. The Morgan fingerprint density at radius 3 is 2.42 bits per heavy atom. The summed E-state index contributed by atoms with van der Waals surface area (Å²) in [4.78, 5) is 11.4. The molecule has 0 aliphatic carbocycles. The van der Waals surface area contributed by atoms with Gasteiger partial charge in [-0.15, -0.1) is 0 Å². The second-order valence-electron chi connectivity index (χ2n) is 2.30. The van der Waals surface area contributed by atoms with E-state index in [2.05, 4.69) is 5.32 Å². The molecule has 0 atom stereocenters. The van der Waals surface area contributed by atoms with Gasteiger partial charge in [0.1, 0.15) is 0 Å². The van der Waals surface area contributed by atoms with Gasteiger partial charge in [-0.3, -0.25) is 4.79 Å². The molecule has 64 valence electrons. The molecule has 1 aromatic carbocycles. The number of rotatable bonds is 2. The molecule has 0 aromatic heterocycles. The van der Waals surface area contributed by atoms with Crippen LogP contribution < -0.4 is 5.32 Å². The summed E-state index contributed by atoms with van der Waals surface area (Å²) in [6.07, 6.45) is 0. The van der Waals surface area contributed by atoms with Crippen molar-refractivity contribution in [3.8, 4) is 0 Å². The molecule has 2 N–H and O–H groups in total. The van der Waals surface area contributed by atoms with Gasteiger partial charge in [-0.2, -0.15) is 0 Å². The fourth-order valence-electron chi connectivity index (χ4n) is 0.802. The summed E-state index contributed by atoms with van der Waals surface area (Å²) in [7, 11) is 0. The van der Waals surface area contributed by atoms with Crippen LogP contribution in [0.15, 0.2) is 29.2 Å². The van der Waals surface area contributed by atoms with Crippen molar-refractivity contribution in [2.24, 2.45) is 0 Å². The van der Waals surface area contributed by atoms with Crippen LogP contribution in [0.3, 0.4) is 0 Å². The fourth-order valence-corrected chi connectivity index (χ4v) is 1.06. The van der Waals surface area contributed by atoms with Gasteiger partial charge in [-0.05, 0) is 24.3 Å². The number of nitrogens with one attached hydrogen (secondary N) is 1. The van der Waals surface area contributed by atoms with Crippen molar-refractivity contribution >= 4 is 23.6 Å². The summed E-state index contributed by atoms with van der Waals surface area (Å²) in [6.45, 7) is 1.45. The van der Waals surface area contributed by atoms with Gasteiger partial charge in [0.25, 0.3) is 0 Å². The first kappa shape index (κ1) is 9.09. The zero-order chi connectivity index (χ0) is 8.97. The first-order valence-electron chi connectivity index (χ1n) is 3.41. The third-order valence-corrected chi connectivity index (χ3v) is 1.76. The van der Waals surface area contributed by atoms with Crippen LogP contribution in [0.25, 0.3) is 0 Å². The third-order valence-electron chi connectivity index (χ3n) is 1.28. The lowest BCUT2D eigenvalue weighted by molar-refractivity contribution is -0.114. The molecule has 4 heteroatoms. The zero-order valence-electron chi connectivity index (χ0n) is 6.57. The first-order chi connectivity index (χ1) is 5.72. The highest BCUT2D eigenvalue weighted by atomic mass is 32.2. The number of carbonyl (C=O) groups excluding carboxylic acids is 1. The number of carbonyl (C=O) groups is 1. The minimum absolute atomic E-state index is 0.0978. The van der Waals surface area contributed by atoms with E-state index >= 15 is 0 Å². The number of hydrogen-bond acceptors (Lipinski definition) is 3. The van der Waals surface area contributed by atoms with Crippen LogP contribution in [-0.4, -0.2) is 10.5 Å². The lowest BCUT2D eigenvalue weighted by atomic mass is 10.3. The number of hydrogen-bond donors (Lipinski definition) is 2. The second-order valence-corrected chi connectivity index (χ2v) is 2.95. The van der Waals surface area contributed by atoms with Gasteiger partial charge in [-0.1, -0.05) is 0 Å². The number of benzene rings is 1. The van der Waals surface area contributed by atoms with Crippen LogP contribution in [0, 0.1) is 0 Å². The van der Waals surface area contributed by atoms with E-state index in [1.807, 2.05) is 0 Å².